The van der Waals surface area contributed by atoms with Gasteiger partial charge < -0.3 is 15.3 Å². The van der Waals surface area contributed by atoms with Crippen molar-refractivity contribution in [3.05, 3.63) is 23.3 Å². The zero-order valence-electron chi connectivity index (χ0n) is 6.07. The Bertz CT molecular complexity index is 185. The average molecular weight is 211 g/mol. The van der Waals surface area contributed by atoms with Crippen LogP contribution in [0.1, 0.15) is 5.56 Å². The molecule has 0 N–H and O–H groups in total. The Hall–Kier alpha value is -0.0161. The van der Waals surface area contributed by atoms with Gasteiger partial charge in [0.1, 0.15) is 0 Å². The van der Waals surface area contributed by atoms with E-state index in [-0.39, 0.29) is 32.7 Å². The van der Waals surface area contributed by atoms with Crippen LogP contribution >= 0.6 is 0 Å². The monoisotopic (exact) mass is 211 g/mol. The maximum Gasteiger partial charge on any atom is 0.0229 e. The Morgan fingerprint density at radius 3 is 2.20 bits per heavy atom. The van der Waals surface area contributed by atoms with E-state index in [1.165, 1.54) is 0 Å². The smallest absolute Gasteiger partial charge is 0.0229 e. The molecule has 0 aromatic carbocycles. The minimum Gasteiger partial charge on any atom is -0.397 e. The Morgan fingerprint density at radius 2 is 1.80 bits per heavy atom. The van der Waals surface area contributed by atoms with E-state index >= 15 is 0 Å². The molecule has 1 aromatic heterocycles. The van der Waals surface area contributed by atoms with Crippen molar-refractivity contribution >= 4 is 5.95 Å². The summed E-state index contributed by atoms with van der Waals surface area (Å²) in [5.41, 5.74) is 1.06. The Kier molecular flexibility index (Phi) is 4.74. The first-order chi connectivity index (χ1) is 4.33. The van der Waals surface area contributed by atoms with Crippen molar-refractivity contribution in [2.24, 2.45) is 0 Å². The Balaban J connectivity index is 0.000000810. The maximum atomic E-state index is 3.92. The van der Waals surface area contributed by atoms with Gasteiger partial charge >= 0.3 is 0 Å². The van der Waals surface area contributed by atoms with Gasteiger partial charge in [-0.3, -0.25) is 0 Å². The van der Waals surface area contributed by atoms with Gasteiger partial charge in [-0.15, -0.1) is 0 Å². The summed E-state index contributed by atoms with van der Waals surface area (Å²) in [5, 5.41) is 3.79. The standard InChI is InChI=1S/C6H8N3.Y/c1-5-3-8-6(7-2)9-4-5;/h3-4H,1-2H3;/q-1;. The van der Waals surface area contributed by atoms with Crippen molar-refractivity contribution in [1.29, 1.82) is 0 Å². The first-order valence-electron chi connectivity index (χ1n) is 2.71. The van der Waals surface area contributed by atoms with Crippen LogP contribution in [0.15, 0.2) is 12.4 Å². The van der Waals surface area contributed by atoms with Crippen LogP contribution in [0.2, 0.25) is 0 Å². The third-order valence-electron chi connectivity index (χ3n) is 0.967. The molecule has 0 unspecified atom stereocenters. The minimum absolute atomic E-state index is 0. The first kappa shape index (κ1) is 9.98. The molecule has 0 atom stereocenters. The summed E-state index contributed by atoms with van der Waals surface area (Å²) in [6, 6.07) is 0. The third kappa shape index (κ3) is 2.71. The van der Waals surface area contributed by atoms with Crippen molar-refractivity contribution in [2.75, 3.05) is 7.05 Å². The summed E-state index contributed by atoms with van der Waals surface area (Å²) < 4.78 is 0. The fourth-order valence-corrected chi connectivity index (χ4v) is 0.501. The molecule has 51 valence electrons. The van der Waals surface area contributed by atoms with Crippen LogP contribution in [0, 0.1) is 6.92 Å². The summed E-state index contributed by atoms with van der Waals surface area (Å²) in [6.07, 6.45) is 3.49. The van der Waals surface area contributed by atoms with Crippen LogP contribution in [0.5, 0.6) is 0 Å². The van der Waals surface area contributed by atoms with Crippen LogP contribution in [0.25, 0.3) is 5.32 Å². The fraction of sp³-hybridized carbons (Fsp3) is 0.333. The molecule has 1 radical (unpaired) electrons. The molecule has 1 heterocycles. The predicted octanol–water partition coefficient (Wildman–Crippen LogP) is 1.42. The van der Waals surface area contributed by atoms with Gasteiger partial charge in [0, 0.05) is 38.7 Å². The normalized spacial score (nSPS) is 8.20. The molecule has 3 nitrogen and oxygen atoms in total. The van der Waals surface area contributed by atoms with E-state index in [0.717, 1.165) is 5.56 Å². The zero-order valence-corrected chi connectivity index (χ0v) is 8.91. The molecule has 1 aromatic rings. The molecule has 10 heavy (non-hydrogen) atoms. The maximum absolute atomic E-state index is 3.92. The molecule has 0 saturated heterocycles. The number of hydrogen-bond donors (Lipinski definition) is 0. The van der Waals surface area contributed by atoms with Crippen LogP contribution in [-0.4, -0.2) is 17.0 Å². The molecule has 1 rings (SSSR count). The van der Waals surface area contributed by atoms with Gasteiger partial charge in [-0.25, -0.2) is 0 Å². The third-order valence-corrected chi connectivity index (χ3v) is 0.967. The van der Waals surface area contributed by atoms with Gasteiger partial charge in [0.15, 0.2) is 0 Å². The van der Waals surface area contributed by atoms with Crippen molar-refractivity contribution in [1.82, 2.24) is 9.97 Å². The molecule has 4 heteroatoms. The predicted molar refractivity (Wildman–Crippen MR) is 35.7 cm³/mol. The van der Waals surface area contributed by atoms with E-state index in [0.29, 0.717) is 5.95 Å². The quantitative estimate of drug-likeness (QED) is 0.704. The topological polar surface area (TPSA) is 39.9 Å². The number of nitrogens with zero attached hydrogens (tertiary/aromatic N) is 3. The van der Waals surface area contributed by atoms with Crippen LogP contribution in [0.3, 0.4) is 0 Å². The summed E-state index contributed by atoms with van der Waals surface area (Å²) >= 11 is 0. The van der Waals surface area contributed by atoms with Gasteiger partial charge in [-0.05, 0) is 31.9 Å². The molecule has 0 spiro atoms. The van der Waals surface area contributed by atoms with Gasteiger partial charge in [-0.2, -0.15) is 0 Å². The number of hydrogen-bond acceptors (Lipinski definition) is 2. The Labute approximate surface area is 85.5 Å². The second kappa shape index (κ2) is 4.75. The molecule has 0 aliphatic rings. The van der Waals surface area contributed by atoms with Gasteiger partial charge in [-0.1, -0.05) is 0 Å². The van der Waals surface area contributed by atoms with E-state index in [9.17, 15) is 0 Å². The van der Waals surface area contributed by atoms with Crippen LogP contribution in [-0.2, 0) is 32.7 Å². The average Bonchev–Trinajstić information content (AvgIpc) is 1.90. The summed E-state index contributed by atoms with van der Waals surface area (Å²) in [6.45, 7) is 1.94. The van der Waals surface area contributed by atoms with Gasteiger partial charge in [0.25, 0.3) is 0 Å². The van der Waals surface area contributed by atoms with Crippen molar-refractivity contribution in [3.63, 3.8) is 0 Å². The molecular formula is C6H8N3Y-. The van der Waals surface area contributed by atoms with Gasteiger partial charge in [0.2, 0.25) is 0 Å². The molecule has 0 aliphatic carbocycles. The minimum atomic E-state index is 0. The molecule has 0 aliphatic heterocycles. The number of rotatable bonds is 1. The second-order valence-electron chi connectivity index (χ2n) is 1.78. The van der Waals surface area contributed by atoms with E-state index in [4.69, 9.17) is 0 Å². The van der Waals surface area contributed by atoms with Crippen LogP contribution < -0.4 is 0 Å². The molecular weight excluding hydrogens is 203 g/mol. The van der Waals surface area contributed by atoms with Crippen molar-refractivity contribution < 1.29 is 32.7 Å². The van der Waals surface area contributed by atoms with Gasteiger partial charge in [0.05, 0.1) is 0 Å². The fourth-order valence-electron chi connectivity index (χ4n) is 0.501. The van der Waals surface area contributed by atoms with E-state index in [1.54, 1.807) is 19.4 Å². The van der Waals surface area contributed by atoms with E-state index in [2.05, 4.69) is 15.3 Å². The SMILES string of the molecule is C[N-]c1ncc(C)cn1.[Y]. The van der Waals surface area contributed by atoms with Crippen molar-refractivity contribution in [3.8, 4) is 0 Å². The number of aryl methyl sites for hydroxylation is 1. The summed E-state index contributed by atoms with van der Waals surface area (Å²) in [4.78, 5) is 7.84. The summed E-state index contributed by atoms with van der Waals surface area (Å²) in [7, 11) is 1.67. The zero-order chi connectivity index (χ0) is 6.69. The molecule has 0 fully saturated rings. The molecule has 0 amide bonds. The van der Waals surface area contributed by atoms with Crippen LogP contribution in [0.4, 0.5) is 5.95 Å². The first-order valence-corrected chi connectivity index (χ1v) is 2.71. The number of aromatic nitrogens is 2. The van der Waals surface area contributed by atoms with E-state index < -0.39 is 0 Å². The molecule has 0 saturated carbocycles. The second-order valence-corrected chi connectivity index (χ2v) is 1.78. The Morgan fingerprint density at radius 1 is 1.30 bits per heavy atom. The molecule has 0 bridgehead atoms. The largest absolute Gasteiger partial charge is 0.397 e. The summed E-state index contributed by atoms with van der Waals surface area (Å²) in [5.74, 6) is 0.542. The van der Waals surface area contributed by atoms with E-state index in [1.807, 2.05) is 6.92 Å². The van der Waals surface area contributed by atoms with Crippen molar-refractivity contribution in [2.45, 2.75) is 6.92 Å².